The van der Waals surface area contributed by atoms with Crippen LogP contribution in [0.15, 0.2) is 42.6 Å². The number of pyridine rings is 1. The molecular formula is C15H12N4. The van der Waals surface area contributed by atoms with E-state index in [1.807, 2.05) is 40.9 Å². The highest BCUT2D eigenvalue weighted by Crippen LogP contribution is 2.19. The highest BCUT2D eigenvalue weighted by atomic mass is 15.1. The van der Waals surface area contributed by atoms with Crippen molar-refractivity contribution >= 4 is 28.0 Å². The standard InChI is InChI=1S/C15H12N4/c1-2-10-6-5-9-19-14(10)18-13-15(19)17-12-8-4-3-7-11(12)16-13/h3-9H,2H2,1H3. The maximum atomic E-state index is 4.68. The van der Waals surface area contributed by atoms with Crippen molar-refractivity contribution in [2.75, 3.05) is 0 Å². The second-order valence-electron chi connectivity index (χ2n) is 4.55. The first-order chi connectivity index (χ1) is 9.36. The van der Waals surface area contributed by atoms with Crippen molar-refractivity contribution in [3.8, 4) is 0 Å². The van der Waals surface area contributed by atoms with Gasteiger partial charge in [0.1, 0.15) is 5.65 Å². The summed E-state index contributed by atoms with van der Waals surface area (Å²) in [5.41, 5.74) is 5.49. The van der Waals surface area contributed by atoms with Crippen LogP contribution < -0.4 is 0 Å². The summed E-state index contributed by atoms with van der Waals surface area (Å²) >= 11 is 0. The van der Waals surface area contributed by atoms with Gasteiger partial charge in [-0.15, -0.1) is 0 Å². The Morgan fingerprint density at radius 2 is 1.68 bits per heavy atom. The first kappa shape index (κ1) is 10.4. The zero-order valence-corrected chi connectivity index (χ0v) is 10.5. The van der Waals surface area contributed by atoms with Crippen LogP contribution in [0.3, 0.4) is 0 Å². The topological polar surface area (TPSA) is 43.1 Å². The Morgan fingerprint density at radius 1 is 0.895 bits per heavy atom. The quantitative estimate of drug-likeness (QED) is 0.520. The van der Waals surface area contributed by atoms with Crippen molar-refractivity contribution in [2.24, 2.45) is 0 Å². The molecule has 0 saturated carbocycles. The third-order valence-corrected chi connectivity index (χ3v) is 3.40. The van der Waals surface area contributed by atoms with Gasteiger partial charge in [-0.25, -0.2) is 15.0 Å². The number of hydrogen-bond donors (Lipinski definition) is 0. The van der Waals surface area contributed by atoms with Gasteiger partial charge in [-0.1, -0.05) is 25.1 Å². The van der Waals surface area contributed by atoms with E-state index in [1.165, 1.54) is 5.56 Å². The lowest BCUT2D eigenvalue weighted by atomic mass is 10.2. The molecule has 0 fully saturated rings. The zero-order valence-electron chi connectivity index (χ0n) is 10.5. The Labute approximate surface area is 109 Å². The molecule has 3 aromatic heterocycles. The minimum atomic E-state index is 0.708. The normalized spacial score (nSPS) is 11.6. The Hall–Kier alpha value is -2.49. The van der Waals surface area contributed by atoms with Gasteiger partial charge in [0.25, 0.3) is 0 Å². The van der Waals surface area contributed by atoms with E-state index < -0.39 is 0 Å². The molecule has 4 heteroatoms. The Bertz CT molecular complexity index is 908. The molecule has 4 aromatic rings. The SMILES string of the molecule is CCc1cccn2c1nc1nc3ccccc3nc12. The monoisotopic (exact) mass is 248 g/mol. The van der Waals surface area contributed by atoms with Gasteiger partial charge in [-0.2, -0.15) is 0 Å². The summed E-state index contributed by atoms with van der Waals surface area (Å²) in [5, 5.41) is 0. The molecule has 0 atom stereocenters. The van der Waals surface area contributed by atoms with E-state index in [0.717, 1.165) is 28.7 Å². The molecule has 92 valence electrons. The van der Waals surface area contributed by atoms with E-state index in [4.69, 9.17) is 0 Å². The van der Waals surface area contributed by atoms with E-state index in [0.29, 0.717) is 5.65 Å². The van der Waals surface area contributed by atoms with Gasteiger partial charge in [0.05, 0.1) is 11.0 Å². The number of benzene rings is 1. The van der Waals surface area contributed by atoms with Crippen molar-refractivity contribution in [3.63, 3.8) is 0 Å². The Kier molecular flexibility index (Phi) is 2.06. The van der Waals surface area contributed by atoms with Gasteiger partial charge in [0, 0.05) is 6.20 Å². The van der Waals surface area contributed by atoms with Crippen molar-refractivity contribution in [2.45, 2.75) is 13.3 Å². The van der Waals surface area contributed by atoms with Crippen LogP contribution in [0.5, 0.6) is 0 Å². The molecule has 4 rings (SSSR count). The second kappa shape index (κ2) is 3.75. The molecule has 0 aliphatic rings. The van der Waals surface area contributed by atoms with Crippen molar-refractivity contribution in [1.82, 2.24) is 19.4 Å². The molecule has 0 amide bonds. The third-order valence-electron chi connectivity index (χ3n) is 3.40. The minimum absolute atomic E-state index is 0.708. The summed E-state index contributed by atoms with van der Waals surface area (Å²) in [6.45, 7) is 2.13. The van der Waals surface area contributed by atoms with Crippen LogP contribution in [0, 0.1) is 0 Å². The van der Waals surface area contributed by atoms with Crippen LogP contribution in [0.4, 0.5) is 0 Å². The number of fused-ring (bicyclic) bond motifs is 4. The number of hydrogen-bond acceptors (Lipinski definition) is 3. The van der Waals surface area contributed by atoms with Crippen LogP contribution >= 0.6 is 0 Å². The summed E-state index contributed by atoms with van der Waals surface area (Å²) in [5.74, 6) is 0. The van der Waals surface area contributed by atoms with Gasteiger partial charge in [-0.05, 0) is 30.2 Å². The first-order valence-electron chi connectivity index (χ1n) is 6.39. The number of imidazole rings is 1. The van der Waals surface area contributed by atoms with Crippen LogP contribution in [0.1, 0.15) is 12.5 Å². The lowest BCUT2D eigenvalue weighted by Crippen LogP contribution is -1.91. The fraction of sp³-hybridized carbons (Fsp3) is 0.133. The molecule has 0 spiro atoms. The summed E-state index contributed by atoms with van der Waals surface area (Å²) < 4.78 is 2.02. The van der Waals surface area contributed by atoms with Crippen molar-refractivity contribution in [3.05, 3.63) is 48.2 Å². The molecule has 0 saturated heterocycles. The molecular weight excluding hydrogens is 236 g/mol. The summed E-state index contributed by atoms with van der Waals surface area (Å²) in [4.78, 5) is 13.9. The maximum absolute atomic E-state index is 4.68. The average Bonchev–Trinajstić information content (AvgIpc) is 2.82. The highest BCUT2D eigenvalue weighted by molar-refractivity contribution is 5.85. The van der Waals surface area contributed by atoms with Crippen LogP contribution in [-0.2, 0) is 6.42 Å². The molecule has 4 nitrogen and oxygen atoms in total. The molecule has 0 bridgehead atoms. The average molecular weight is 248 g/mol. The van der Waals surface area contributed by atoms with E-state index in [9.17, 15) is 0 Å². The van der Waals surface area contributed by atoms with Crippen LogP contribution in [0.25, 0.3) is 28.0 Å². The Morgan fingerprint density at radius 3 is 2.47 bits per heavy atom. The van der Waals surface area contributed by atoms with Gasteiger partial charge in [-0.3, -0.25) is 4.40 Å². The summed E-state index contributed by atoms with van der Waals surface area (Å²) in [6, 6.07) is 12.0. The largest absolute Gasteiger partial charge is 0.282 e. The molecule has 0 radical (unpaired) electrons. The number of aromatic nitrogens is 4. The molecule has 3 heterocycles. The van der Waals surface area contributed by atoms with Gasteiger partial charge in [0.15, 0.2) is 11.3 Å². The molecule has 0 unspecified atom stereocenters. The smallest absolute Gasteiger partial charge is 0.198 e. The van der Waals surface area contributed by atoms with Gasteiger partial charge >= 0.3 is 0 Å². The molecule has 1 aromatic carbocycles. The molecule has 0 aliphatic carbocycles. The predicted octanol–water partition coefficient (Wildman–Crippen LogP) is 2.99. The zero-order chi connectivity index (χ0) is 12.8. The lowest BCUT2D eigenvalue weighted by Gasteiger charge is -1.99. The first-order valence-corrected chi connectivity index (χ1v) is 6.39. The number of para-hydroxylation sites is 2. The van der Waals surface area contributed by atoms with E-state index in [-0.39, 0.29) is 0 Å². The van der Waals surface area contributed by atoms with Crippen LogP contribution in [-0.4, -0.2) is 19.4 Å². The van der Waals surface area contributed by atoms with Gasteiger partial charge in [0.2, 0.25) is 0 Å². The number of rotatable bonds is 1. The summed E-state index contributed by atoms with van der Waals surface area (Å²) in [7, 11) is 0. The highest BCUT2D eigenvalue weighted by Gasteiger charge is 2.10. The fourth-order valence-electron chi connectivity index (χ4n) is 2.44. The number of nitrogens with zero attached hydrogens (tertiary/aromatic N) is 4. The van der Waals surface area contributed by atoms with Crippen LogP contribution in [0.2, 0.25) is 0 Å². The maximum Gasteiger partial charge on any atom is 0.198 e. The van der Waals surface area contributed by atoms with E-state index in [2.05, 4.69) is 27.9 Å². The minimum Gasteiger partial charge on any atom is -0.282 e. The summed E-state index contributed by atoms with van der Waals surface area (Å²) in [6.07, 6.45) is 2.94. The Balaban J connectivity index is 2.22. The van der Waals surface area contributed by atoms with Crippen molar-refractivity contribution in [1.29, 1.82) is 0 Å². The predicted molar refractivity (Wildman–Crippen MR) is 75.2 cm³/mol. The fourth-order valence-corrected chi connectivity index (χ4v) is 2.44. The molecule has 0 N–H and O–H groups in total. The third kappa shape index (κ3) is 1.43. The second-order valence-corrected chi connectivity index (χ2v) is 4.55. The van der Waals surface area contributed by atoms with Gasteiger partial charge < -0.3 is 0 Å². The molecule has 0 aliphatic heterocycles. The van der Waals surface area contributed by atoms with Crippen molar-refractivity contribution < 1.29 is 0 Å². The molecule has 19 heavy (non-hydrogen) atoms. The lowest BCUT2D eigenvalue weighted by molar-refractivity contribution is 1.09. The number of aryl methyl sites for hydroxylation is 1. The van der Waals surface area contributed by atoms with E-state index in [1.54, 1.807) is 0 Å². The van der Waals surface area contributed by atoms with E-state index >= 15 is 0 Å².